The molecule has 2 N–H and O–H groups in total. The fraction of sp³-hybridized carbons (Fsp3) is 0.357. The smallest absolute Gasteiger partial charge is 0.0747 e. The molecule has 1 heterocycles. The summed E-state index contributed by atoms with van der Waals surface area (Å²) in [5.41, 5.74) is 8.34. The van der Waals surface area contributed by atoms with E-state index < -0.39 is 0 Å². The third-order valence-electron chi connectivity index (χ3n) is 3.50. The lowest BCUT2D eigenvalue weighted by molar-refractivity contribution is 0.198. The molecule has 1 aromatic carbocycles. The van der Waals surface area contributed by atoms with Crippen molar-refractivity contribution in [2.75, 3.05) is 18.1 Å². The van der Waals surface area contributed by atoms with Crippen LogP contribution in [0.3, 0.4) is 0 Å². The molecule has 20 heavy (non-hydrogen) atoms. The van der Waals surface area contributed by atoms with Crippen molar-refractivity contribution in [3.05, 3.63) is 35.8 Å². The van der Waals surface area contributed by atoms with Crippen LogP contribution in [0, 0.1) is 11.1 Å². The van der Waals surface area contributed by atoms with Gasteiger partial charge in [0.1, 0.15) is 0 Å². The van der Waals surface area contributed by atoms with Crippen LogP contribution < -0.4 is 11.0 Å². The number of rotatable bonds is 5. The largest absolute Gasteiger partial charge is 0.733 e. The van der Waals surface area contributed by atoms with E-state index in [1.807, 2.05) is 16.9 Å². The minimum atomic E-state index is 0.306. The number of hydrogen-bond donors (Lipinski definition) is 1. The standard InChI is InChI=1S/C14H17N4O2/c1-20-18(19)14-6-11(4-5-13(14)15)12-7-16-17(9-12)8-10-2-3-10/h4-7,9-10H,2-3,8,15H2,1H3/q-1. The molecule has 1 aliphatic carbocycles. The summed E-state index contributed by atoms with van der Waals surface area (Å²) in [5.74, 6) is 0.773. The second kappa shape index (κ2) is 5.15. The SMILES string of the molecule is CON([O-])c1cc(-c2cnn(CC3CC3)c2)ccc1N. The molecule has 2 aromatic rings. The second-order valence-electron chi connectivity index (χ2n) is 5.11. The van der Waals surface area contributed by atoms with Crippen molar-refractivity contribution in [1.29, 1.82) is 0 Å². The Morgan fingerprint density at radius 1 is 1.45 bits per heavy atom. The van der Waals surface area contributed by atoms with Gasteiger partial charge in [0.05, 0.1) is 24.7 Å². The molecule has 0 amide bonds. The Morgan fingerprint density at radius 3 is 2.95 bits per heavy atom. The predicted molar refractivity (Wildman–Crippen MR) is 77.7 cm³/mol. The minimum Gasteiger partial charge on any atom is -0.733 e. The maximum absolute atomic E-state index is 11.6. The van der Waals surface area contributed by atoms with Crippen molar-refractivity contribution >= 4 is 11.4 Å². The van der Waals surface area contributed by atoms with Gasteiger partial charge in [-0.3, -0.25) is 9.52 Å². The Balaban J connectivity index is 1.87. The fourth-order valence-electron chi connectivity index (χ4n) is 2.16. The van der Waals surface area contributed by atoms with Gasteiger partial charge in [-0.05, 0) is 36.5 Å². The van der Waals surface area contributed by atoms with Crippen LogP contribution in [0.1, 0.15) is 12.8 Å². The zero-order chi connectivity index (χ0) is 14.1. The molecule has 1 saturated carbocycles. The van der Waals surface area contributed by atoms with E-state index in [9.17, 15) is 5.21 Å². The normalized spacial score (nSPS) is 14.5. The topological polar surface area (TPSA) is 79.4 Å². The van der Waals surface area contributed by atoms with Crippen LogP contribution >= 0.6 is 0 Å². The number of nitrogens with two attached hydrogens (primary N) is 1. The molecule has 0 saturated heterocycles. The van der Waals surface area contributed by atoms with Crippen molar-refractivity contribution in [1.82, 2.24) is 9.78 Å². The molecule has 106 valence electrons. The maximum atomic E-state index is 11.6. The predicted octanol–water partition coefficient (Wildman–Crippen LogP) is 2.41. The van der Waals surface area contributed by atoms with Crippen LogP contribution in [0.2, 0.25) is 0 Å². The van der Waals surface area contributed by atoms with Crippen molar-refractivity contribution in [3.8, 4) is 11.1 Å². The molecule has 0 aliphatic heterocycles. The molecule has 0 bridgehead atoms. The molecule has 3 rings (SSSR count). The minimum absolute atomic E-state index is 0.306. The van der Waals surface area contributed by atoms with Gasteiger partial charge in [-0.25, -0.2) is 0 Å². The molecule has 6 heteroatoms. The van der Waals surface area contributed by atoms with Crippen molar-refractivity contribution in [3.63, 3.8) is 0 Å². The number of aromatic nitrogens is 2. The van der Waals surface area contributed by atoms with Gasteiger partial charge < -0.3 is 16.2 Å². The van der Waals surface area contributed by atoms with Crippen LogP contribution in [-0.2, 0) is 11.4 Å². The van der Waals surface area contributed by atoms with E-state index in [4.69, 9.17) is 5.73 Å². The Morgan fingerprint density at radius 2 is 2.25 bits per heavy atom. The summed E-state index contributed by atoms with van der Waals surface area (Å²) in [7, 11) is 1.31. The molecule has 0 spiro atoms. The van der Waals surface area contributed by atoms with Crippen molar-refractivity contribution < 1.29 is 4.84 Å². The Labute approximate surface area is 117 Å². The molecule has 0 atom stereocenters. The van der Waals surface area contributed by atoms with Gasteiger partial charge in [-0.15, -0.1) is 0 Å². The summed E-state index contributed by atoms with van der Waals surface area (Å²) in [6.45, 7) is 0.966. The van der Waals surface area contributed by atoms with E-state index >= 15 is 0 Å². The van der Waals surface area contributed by atoms with E-state index in [2.05, 4.69) is 9.94 Å². The molecule has 1 aromatic heterocycles. The Hall–Kier alpha value is -2.05. The van der Waals surface area contributed by atoms with E-state index in [0.29, 0.717) is 16.6 Å². The highest BCUT2D eigenvalue weighted by atomic mass is 16.9. The van der Waals surface area contributed by atoms with Crippen LogP contribution in [0.5, 0.6) is 0 Å². The quantitative estimate of drug-likeness (QED) is 0.668. The maximum Gasteiger partial charge on any atom is 0.0747 e. The summed E-state index contributed by atoms with van der Waals surface area (Å²) < 4.78 is 1.95. The lowest BCUT2D eigenvalue weighted by atomic mass is 10.1. The number of hydrogen-bond acceptors (Lipinski definition) is 5. The zero-order valence-electron chi connectivity index (χ0n) is 11.3. The first kappa shape index (κ1) is 13.0. The van der Waals surface area contributed by atoms with Crippen LogP contribution in [-0.4, -0.2) is 16.9 Å². The number of anilines is 2. The highest BCUT2D eigenvalue weighted by Gasteiger charge is 2.22. The highest BCUT2D eigenvalue weighted by Crippen LogP contribution is 2.32. The van der Waals surface area contributed by atoms with Gasteiger partial charge in [0.25, 0.3) is 0 Å². The summed E-state index contributed by atoms with van der Waals surface area (Å²) in [5, 5.41) is 16.3. The van der Waals surface area contributed by atoms with E-state index in [-0.39, 0.29) is 0 Å². The lowest BCUT2D eigenvalue weighted by Crippen LogP contribution is -2.14. The van der Waals surface area contributed by atoms with Crippen molar-refractivity contribution in [2.24, 2.45) is 5.92 Å². The summed E-state index contributed by atoms with van der Waals surface area (Å²) in [6.07, 6.45) is 6.38. The average molecular weight is 273 g/mol. The molecule has 1 fully saturated rings. The van der Waals surface area contributed by atoms with Crippen LogP contribution in [0.25, 0.3) is 11.1 Å². The van der Waals surface area contributed by atoms with E-state index in [1.165, 1.54) is 20.0 Å². The molecule has 0 radical (unpaired) electrons. The molecule has 0 unspecified atom stereocenters. The molecular formula is C14H17N4O2-. The van der Waals surface area contributed by atoms with E-state index in [1.54, 1.807) is 18.3 Å². The molecule has 6 nitrogen and oxygen atoms in total. The lowest BCUT2D eigenvalue weighted by Gasteiger charge is -2.28. The monoisotopic (exact) mass is 273 g/mol. The van der Waals surface area contributed by atoms with Crippen LogP contribution in [0.15, 0.2) is 30.6 Å². The summed E-state index contributed by atoms with van der Waals surface area (Å²) in [4.78, 5) is 4.65. The Bertz CT molecular complexity index is 607. The van der Waals surface area contributed by atoms with E-state index in [0.717, 1.165) is 23.6 Å². The van der Waals surface area contributed by atoms with Gasteiger partial charge in [0, 0.05) is 18.3 Å². The average Bonchev–Trinajstić information content (AvgIpc) is 3.14. The van der Waals surface area contributed by atoms with Gasteiger partial charge in [-0.2, -0.15) is 5.10 Å². The van der Waals surface area contributed by atoms with Gasteiger partial charge >= 0.3 is 0 Å². The first-order valence-electron chi connectivity index (χ1n) is 6.61. The fourth-order valence-corrected chi connectivity index (χ4v) is 2.16. The number of benzene rings is 1. The number of nitrogen functional groups attached to an aromatic ring is 1. The molecule has 1 aliphatic rings. The zero-order valence-corrected chi connectivity index (χ0v) is 11.3. The molecular weight excluding hydrogens is 256 g/mol. The highest BCUT2D eigenvalue weighted by molar-refractivity contribution is 5.76. The van der Waals surface area contributed by atoms with Crippen LogP contribution in [0.4, 0.5) is 11.4 Å². The second-order valence-corrected chi connectivity index (χ2v) is 5.11. The van der Waals surface area contributed by atoms with Gasteiger partial charge in [0.15, 0.2) is 0 Å². The van der Waals surface area contributed by atoms with Gasteiger partial charge in [0.2, 0.25) is 0 Å². The third-order valence-corrected chi connectivity index (χ3v) is 3.50. The summed E-state index contributed by atoms with van der Waals surface area (Å²) in [6, 6.07) is 5.29. The number of nitrogens with zero attached hydrogens (tertiary/aromatic N) is 3. The Kier molecular flexibility index (Phi) is 3.33. The summed E-state index contributed by atoms with van der Waals surface area (Å²) >= 11 is 0. The van der Waals surface area contributed by atoms with Gasteiger partial charge in [-0.1, -0.05) is 6.07 Å². The van der Waals surface area contributed by atoms with Crippen molar-refractivity contribution in [2.45, 2.75) is 19.4 Å². The first-order valence-corrected chi connectivity index (χ1v) is 6.61. The third kappa shape index (κ3) is 2.61. The first-order chi connectivity index (χ1) is 9.67.